The first-order valence-electron chi connectivity index (χ1n) is 6.78. The van der Waals surface area contributed by atoms with Crippen LogP contribution in [-0.2, 0) is 6.54 Å². The quantitative estimate of drug-likeness (QED) is 0.800. The third kappa shape index (κ3) is 3.51. The largest absolute Gasteiger partial charge is 0.310 e. The normalized spacial score (nSPS) is 10.5. The summed E-state index contributed by atoms with van der Waals surface area (Å²) in [6, 6.07) is 9.05. The van der Waals surface area contributed by atoms with Crippen molar-refractivity contribution in [2.75, 3.05) is 5.32 Å². The monoisotopic (exact) mass is 329 g/mol. The lowest BCUT2D eigenvalue weighted by Gasteiger charge is -2.08. The molecule has 0 bridgehead atoms. The van der Waals surface area contributed by atoms with Gasteiger partial charge in [0.05, 0.1) is 6.54 Å². The van der Waals surface area contributed by atoms with E-state index in [2.05, 4.69) is 10.3 Å². The number of benzene rings is 1. The topological polar surface area (TPSA) is 64.0 Å². The van der Waals surface area contributed by atoms with Gasteiger partial charge in [0.15, 0.2) is 5.13 Å². The minimum absolute atomic E-state index is 0.0131. The molecule has 2 heterocycles. The second-order valence-electron chi connectivity index (χ2n) is 4.78. The molecule has 23 heavy (non-hydrogen) atoms. The third-order valence-electron chi connectivity index (χ3n) is 3.16. The van der Waals surface area contributed by atoms with E-state index in [0.717, 1.165) is 0 Å². The number of halogens is 1. The molecule has 3 aromatic rings. The summed E-state index contributed by atoms with van der Waals surface area (Å²) in [7, 11) is 0. The number of thiazole rings is 1. The minimum Gasteiger partial charge on any atom is -0.310 e. The summed E-state index contributed by atoms with van der Waals surface area (Å²) in [5.74, 6) is -0.883. The van der Waals surface area contributed by atoms with Crippen molar-refractivity contribution in [2.45, 2.75) is 6.54 Å². The highest BCUT2D eigenvalue weighted by Crippen LogP contribution is 2.11. The van der Waals surface area contributed by atoms with E-state index in [0.29, 0.717) is 10.7 Å². The van der Waals surface area contributed by atoms with Crippen molar-refractivity contribution in [3.8, 4) is 0 Å². The Bertz CT molecular complexity index is 890. The molecule has 0 unspecified atom stereocenters. The molecule has 0 aliphatic heterocycles. The molecule has 1 N–H and O–H groups in total. The Labute approximate surface area is 135 Å². The number of carbonyl (C=O) groups is 1. The molecule has 1 aromatic carbocycles. The van der Waals surface area contributed by atoms with Crippen molar-refractivity contribution in [3.63, 3.8) is 0 Å². The second kappa shape index (κ2) is 6.53. The number of amides is 1. The molecule has 2 aromatic heterocycles. The lowest BCUT2D eigenvalue weighted by atomic mass is 10.2. The molecule has 0 saturated carbocycles. The molecular formula is C16H12FN3O2S. The zero-order chi connectivity index (χ0) is 16.2. The molecule has 0 aliphatic carbocycles. The zero-order valence-electron chi connectivity index (χ0n) is 11.9. The maximum absolute atomic E-state index is 13.2. The average molecular weight is 329 g/mol. The molecule has 0 radical (unpaired) electrons. The van der Waals surface area contributed by atoms with E-state index in [9.17, 15) is 14.0 Å². The van der Waals surface area contributed by atoms with E-state index in [1.54, 1.807) is 36.0 Å². The van der Waals surface area contributed by atoms with Gasteiger partial charge in [0.2, 0.25) is 0 Å². The fourth-order valence-corrected chi connectivity index (χ4v) is 2.64. The Morgan fingerprint density at radius 3 is 2.91 bits per heavy atom. The average Bonchev–Trinajstić information content (AvgIpc) is 3.02. The van der Waals surface area contributed by atoms with Crippen LogP contribution < -0.4 is 10.9 Å². The summed E-state index contributed by atoms with van der Waals surface area (Å²) >= 11 is 1.27. The number of hydrogen-bond acceptors (Lipinski definition) is 4. The lowest BCUT2D eigenvalue weighted by Crippen LogP contribution is -2.29. The predicted molar refractivity (Wildman–Crippen MR) is 86.3 cm³/mol. The van der Waals surface area contributed by atoms with E-state index in [1.807, 2.05) is 0 Å². The van der Waals surface area contributed by atoms with Crippen LogP contribution in [0.3, 0.4) is 0 Å². The van der Waals surface area contributed by atoms with Crippen LogP contribution in [0.4, 0.5) is 9.52 Å². The van der Waals surface area contributed by atoms with Crippen LogP contribution in [0, 0.1) is 5.82 Å². The molecule has 7 heteroatoms. The summed E-state index contributed by atoms with van der Waals surface area (Å²) in [6.07, 6.45) is 3.13. The van der Waals surface area contributed by atoms with Gasteiger partial charge in [-0.2, -0.15) is 0 Å². The van der Waals surface area contributed by atoms with E-state index in [-0.39, 0.29) is 17.9 Å². The van der Waals surface area contributed by atoms with Crippen molar-refractivity contribution in [1.29, 1.82) is 0 Å². The van der Waals surface area contributed by atoms with Crippen LogP contribution in [0.1, 0.15) is 15.9 Å². The molecular weight excluding hydrogens is 317 g/mol. The van der Waals surface area contributed by atoms with Gasteiger partial charge in [-0.25, -0.2) is 9.37 Å². The maximum atomic E-state index is 13.2. The Kier molecular flexibility index (Phi) is 4.29. The van der Waals surface area contributed by atoms with E-state index in [1.165, 1.54) is 34.1 Å². The van der Waals surface area contributed by atoms with Crippen molar-refractivity contribution in [2.24, 2.45) is 0 Å². The molecule has 0 aliphatic rings. The van der Waals surface area contributed by atoms with Crippen LogP contribution in [0.25, 0.3) is 0 Å². The van der Waals surface area contributed by atoms with Gasteiger partial charge in [-0.3, -0.25) is 14.9 Å². The number of pyridine rings is 1. The van der Waals surface area contributed by atoms with Crippen LogP contribution in [0.15, 0.2) is 59.0 Å². The Morgan fingerprint density at radius 1 is 1.30 bits per heavy atom. The first-order chi connectivity index (χ1) is 11.1. The first-order valence-corrected chi connectivity index (χ1v) is 7.66. The Balaban J connectivity index is 1.86. The standard InChI is InChI=1S/C16H12FN3O2S/c17-12-4-1-3-11(9-12)10-20-7-2-5-13(15(20)22)14(21)19-16-18-6-8-23-16/h1-9H,10H2,(H,18,19,21). The molecule has 0 fully saturated rings. The predicted octanol–water partition coefficient (Wildman–Crippen LogP) is 2.74. The van der Waals surface area contributed by atoms with Gasteiger partial charge in [0, 0.05) is 17.8 Å². The number of nitrogens with one attached hydrogen (secondary N) is 1. The number of rotatable bonds is 4. The Hall–Kier alpha value is -2.80. The van der Waals surface area contributed by atoms with Crippen LogP contribution in [-0.4, -0.2) is 15.5 Å². The van der Waals surface area contributed by atoms with Crippen molar-refractivity contribution < 1.29 is 9.18 Å². The fraction of sp³-hybridized carbons (Fsp3) is 0.0625. The molecule has 116 valence electrons. The van der Waals surface area contributed by atoms with Crippen molar-refractivity contribution >= 4 is 22.4 Å². The molecule has 3 rings (SSSR count). The van der Waals surface area contributed by atoms with Gasteiger partial charge in [-0.1, -0.05) is 12.1 Å². The summed E-state index contributed by atoms with van der Waals surface area (Å²) in [4.78, 5) is 28.5. The summed E-state index contributed by atoms with van der Waals surface area (Å²) in [5.41, 5.74) is 0.217. The minimum atomic E-state index is -0.515. The molecule has 5 nitrogen and oxygen atoms in total. The summed E-state index contributed by atoms with van der Waals surface area (Å²) < 4.78 is 14.6. The third-order valence-corrected chi connectivity index (χ3v) is 3.85. The lowest BCUT2D eigenvalue weighted by molar-refractivity contribution is 0.102. The van der Waals surface area contributed by atoms with Crippen molar-refractivity contribution in [1.82, 2.24) is 9.55 Å². The highest BCUT2D eigenvalue weighted by atomic mass is 32.1. The van der Waals surface area contributed by atoms with E-state index >= 15 is 0 Å². The van der Waals surface area contributed by atoms with Gasteiger partial charge in [0.1, 0.15) is 11.4 Å². The maximum Gasteiger partial charge on any atom is 0.263 e. The van der Waals surface area contributed by atoms with Crippen LogP contribution in [0.2, 0.25) is 0 Å². The second-order valence-corrected chi connectivity index (χ2v) is 5.67. The van der Waals surface area contributed by atoms with Crippen LogP contribution in [0.5, 0.6) is 0 Å². The fourth-order valence-electron chi connectivity index (χ4n) is 2.12. The number of carbonyl (C=O) groups excluding carboxylic acids is 1. The molecule has 0 atom stereocenters. The van der Waals surface area contributed by atoms with Gasteiger partial charge in [-0.15, -0.1) is 11.3 Å². The molecule has 0 spiro atoms. The van der Waals surface area contributed by atoms with Crippen molar-refractivity contribution in [3.05, 3.63) is 81.5 Å². The van der Waals surface area contributed by atoms with E-state index < -0.39 is 11.5 Å². The molecule has 1 amide bonds. The SMILES string of the molecule is O=C(Nc1nccs1)c1cccn(Cc2cccc(F)c2)c1=O. The van der Waals surface area contributed by atoms with E-state index in [4.69, 9.17) is 0 Å². The zero-order valence-corrected chi connectivity index (χ0v) is 12.7. The van der Waals surface area contributed by atoms with Crippen LogP contribution >= 0.6 is 11.3 Å². The summed E-state index contributed by atoms with van der Waals surface area (Å²) in [5, 5.41) is 4.73. The van der Waals surface area contributed by atoms with Gasteiger partial charge in [0.25, 0.3) is 11.5 Å². The van der Waals surface area contributed by atoms with Gasteiger partial charge in [-0.05, 0) is 29.8 Å². The first kappa shape index (κ1) is 15.1. The summed E-state index contributed by atoms with van der Waals surface area (Å²) in [6.45, 7) is 0.189. The van der Waals surface area contributed by atoms with Gasteiger partial charge >= 0.3 is 0 Å². The number of aromatic nitrogens is 2. The highest BCUT2D eigenvalue weighted by Gasteiger charge is 2.13. The number of nitrogens with zero attached hydrogens (tertiary/aromatic N) is 2. The highest BCUT2D eigenvalue weighted by molar-refractivity contribution is 7.13. The van der Waals surface area contributed by atoms with Gasteiger partial charge < -0.3 is 4.57 Å². The molecule has 0 saturated heterocycles. The smallest absolute Gasteiger partial charge is 0.263 e. The Morgan fingerprint density at radius 2 is 2.17 bits per heavy atom. The number of anilines is 1. The number of hydrogen-bond donors (Lipinski definition) is 1.